The van der Waals surface area contributed by atoms with Crippen molar-refractivity contribution >= 4 is 45.0 Å². The Balaban J connectivity index is 1.86. The maximum atomic E-state index is 12.5. The molecule has 0 bridgehead atoms. The van der Waals surface area contributed by atoms with Gasteiger partial charge in [0.15, 0.2) is 5.11 Å². The number of hydrogen-bond donors (Lipinski definition) is 2. The number of ether oxygens (including phenoxy) is 1. The van der Waals surface area contributed by atoms with Gasteiger partial charge in [0.1, 0.15) is 0 Å². The fourth-order valence-electron chi connectivity index (χ4n) is 3.72. The first-order valence-corrected chi connectivity index (χ1v) is 9.23. The van der Waals surface area contributed by atoms with Crippen molar-refractivity contribution < 1.29 is 9.53 Å². The molecule has 2 heterocycles. The topological polar surface area (TPSA) is 55.3 Å². The van der Waals surface area contributed by atoms with E-state index in [0.29, 0.717) is 16.7 Å². The van der Waals surface area contributed by atoms with Crippen molar-refractivity contribution in [2.75, 3.05) is 20.3 Å². The number of carbonyl (C=O) groups is 1. The van der Waals surface area contributed by atoms with Gasteiger partial charge in [-0.05, 0) is 43.3 Å². The van der Waals surface area contributed by atoms with Crippen LogP contribution in [0.3, 0.4) is 0 Å². The third-order valence-electron chi connectivity index (χ3n) is 4.98. The first-order chi connectivity index (χ1) is 12.7. The minimum absolute atomic E-state index is 0.199. The summed E-state index contributed by atoms with van der Waals surface area (Å²) in [6.07, 6.45) is 1.96. The fraction of sp³-hybridized carbons (Fsp3) is 0.300. The molecule has 0 aliphatic carbocycles. The largest absolute Gasteiger partial charge is 0.381 e. The number of nitrogens with zero attached hydrogens (tertiary/aromatic N) is 1. The summed E-state index contributed by atoms with van der Waals surface area (Å²) in [6, 6.07) is 14.7. The number of benzene rings is 2. The quantitative estimate of drug-likeness (QED) is 0.682. The second kappa shape index (κ2) is 7.05. The van der Waals surface area contributed by atoms with Crippen LogP contribution in [0.25, 0.3) is 21.8 Å². The standard InChI is InChI=1S/C20H21N3O2S/c1-21-20(26)22-19(24)13-6-7-16-15-4-2-3-5-17(15)23(18(16)12-13)14-8-10-25-11-9-14/h2-7,12,14H,8-11H2,1H3,(H2,21,22,24,26). The van der Waals surface area contributed by atoms with Gasteiger partial charge in [0.2, 0.25) is 0 Å². The molecule has 4 rings (SSSR count). The van der Waals surface area contributed by atoms with E-state index in [1.54, 1.807) is 7.05 Å². The van der Waals surface area contributed by atoms with E-state index in [2.05, 4.69) is 39.5 Å². The summed E-state index contributed by atoms with van der Waals surface area (Å²) >= 11 is 5.05. The average Bonchev–Trinajstić information content (AvgIpc) is 3.02. The summed E-state index contributed by atoms with van der Waals surface area (Å²) in [5.74, 6) is -0.199. The average molecular weight is 367 g/mol. The van der Waals surface area contributed by atoms with Crippen LogP contribution >= 0.6 is 12.2 Å². The van der Waals surface area contributed by atoms with Crippen LogP contribution in [0.5, 0.6) is 0 Å². The molecular weight excluding hydrogens is 346 g/mol. The molecular formula is C20H21N3O2S. The van der Waals surface area contributed by atoms with Gasteiger partial charge in [-0.2, -0.15) is 0 Å². The Bertz CT molecular complexity index is 989. The number of rotatable bonds is 2. The summed E-state index contributed by atoms with van der Waals surface area (Å²) in [4.78, 5) is 12.5. The third kappa shape index (κ3) is 2.95. The lowest BCUT2D eigenvalue weighted by molar-refractivity contribution is 0.0717. The number of amides is 1. The molecule has 1 fully saturated rings. The van der Waals surface area contributed by atoms with E-state index >= 15 is 0 Å². The molecule has 6 heteroatoms. The van der Waals surface area contributed by atoms with Gasteiger partial charge >= 0.3 is 0 Å². The molecule has 0 unspecified atom stereocenters. The lowest BCUT2D eigenvalue weighted by Crippen LogP contribution is -2.37. The zero-order valence-corrected chi connectivity index (χ0v) is 15.4. The van der Waals surface area contributed by atoms with Gasteiger partial charge in [-0.3, -0.25) is 10.1 Å². The lowest BCUT2D eigenvalue weighted by Gasteiger charge is -2.25. The molecule has 1 aromatic heterocycles. The molecule has 134 valence electrons. The van der Waals surface area contributed by atoms with E-state index in [0.717, 1.165) is 31.6 Å². The Labute approximate surface area is 157 Å². The van der Waals surface area contributed by atoms with Gasteiger partial charge in [0, 0.05) is 48.2 Å². The van der Waals surface area contributed by atoms with Crippen LogP contribution < -0.4 is 10.6 Å². The maximum Gasteiger partial charge on any atom is 0.257 e. The highest BCUT2D eigenvalue weighted by Crippen LogP contribution is 2.35. The lowest BCUT2D eigenvalue weighted by atomic mass is 10.1. The zero-order chi connectivity index (χ0) is 18.1. The van der Waals surface area contributed by atoms with E-state index in [1.165, 1.54) is 16.3 Å². The highest BCUT2D eigenvalue weighted by molar-refractivity contribution is 7.80. The van der Waals surface area contributed by atoms with E-state index in [9.17, 15) is 4.79 Å². The Kier molecular flexibility index (Phi) is 4.61. The first kappa shape index (κ1) is 17.0. The highest BCUT2D eigenvalue weighted by Gasteiger charge is 2.21. The maximum absolute atomic E-state index is 12.5. The predicted molar refractivity (Wildman–Crippen MR) is 108 cm³/mol. The molecule has 0 atom stereocenters. The van der Waals surface area contributed by atoms with Crippen LogP contribution in [0.2, 0.25) is 0 Å². The molecule has 1 saturated heterocycles. The molecule has 3 aromatic rings. The second-order valence-electron chi connectivity index (χ2n) is 6.50. The van der Waals surface area contributed by atoms with Crippen molar-refractivity contribution in [3.05, 3.63) is 48.0 Å². The molecule has 0 radical (unpaired) electrons. The van der Waals surface area contributed by atoms with Gasteiger partial charge in [-0.15, -0.1) is 0 Å². The monoisotopic (exact) mass is 367 g/mol. The minimum atomic E-state index is -0.199. The molecule has 0 spiro atoms. The molecule has 1 aliphatic rings. The minimum Gasteiger partial charge on any atom is -0.381 e. The summed E-state index contributed by atoms with van der Waals surface area (Å²) in [6.45, 7) is 1.55. The van der Waals surface area contributed by atoms with Crippen LogP contribution in [-0.4, -0.2) is 35.8 Å². The SMILES string of the molecule is CNC(=S)NC(=O)c1ccc2c3ccccc3n(C3CCOCC3)c2c1. The van der Waals surface area contributed by atoms with E-state index < -0.39 is 0 Å². The highest BCUT2D eigenvalue weighted by atomic mass is 32.1. The molecule has 26 heavy (non-hydrogen) atoms. The first-order valence-electron chi connectivity index (χ1n) is 8.82. The van der Waals surface area contributed by atoms with E-state index in [4.69, 9.17) is 17.0 Å². The molecule has 2 N–H and O–H groups in total. The van der Waals surface area contributed by atoms with Crippen molar-refractivity contribution in [3.8, 4) is 0 Å². The summed E-state index contributed by atoms with van der Waals surface area (Å²) in [7, 11) is 1.69. The number of nitrogens with one attached hydrogen (secondary N) is 2. The molecule has 2 aromatic carbocycles. The van der Waals surface area contributed by atoms with Gasteiger partial charge in [0.05, 0.1) is 5.52 Å². The molecule has 0 saturated carbocycles. The number of thiocarbonyl (C=S) groups is 1. The van der Waals surface area contributed by atoms with Crippen molar-refractivity contribution in [3.63, 3.8) is 0 Å². The number of aromatic nitrogens is 1. The van der Waals surface area contributed by atoms with Gasteiger partial charge in [0.25, 0.3) is 5.91 Å². The van der Waals surface area contributed by atoms with Crippen LogP contribution in [0, 0.1) is 0 Å². The Morgan fingerprint density at radius 3 is 2.62 bits per heavy atom. The summed E-state index contributed by atoms with van der Waals surface area (Å²) in [5.41, 5.74) is 2.89. The number of carbonyl (C=O) groups excluding carboxylic acids is 1. The van der Waals surface area contributed by atoms with Gasteiger partial charge < -0.3 is 14.6 Å². The molecule has 1 aliphatic heterocycles. The Morgan fingerprint density at radius 2 is 1.85 bits per heavy atom. The number of para-hydroxylation sites is 1. The van der Waals surface area contributed by atoms with E-state index in [-0.39, 0.29) is 5.91 Å². The Hall–Kier alpha value is -2.44. The predicted octanol–water partition coefficient (Wildman–Crippen LogP) is 3.38. The fourth-order valence-corrected chi connectivity index (χ4v) is 3.81. The van der Waals surface area contributed by atoms with Crippen molar-refractivity contribution in [2.45, 2.75) is 18.9 Å². The van der Waals surface area contributed by atoms with Crippen LogP contribution in [0.15, 0.2) is 42.5 Å². The molecule has 5 nitrogen and oxygen atoms in total. The number of hydrogen-bond acceptors (Lipinski definition) is 3. The van der Waals surface area contributed by atoms with Crippen molar-refractivity contribution in [2.24, 2.45) is 0 Å². The third-order valence-corrected chi connectivity index (χ3v) is 5.29. The smallest absolute Gasteiger partial charge is 0.257 e. The zero-order valence-electron chi connectivity index (χ0n) is 14.6. The van der Waals surface area contributed by atoms with Crippen molar-refractivity contribution in [1.29, 1.82) is 0 Å². The molecule has 1 amide bonds. The number of fused-ring (bicyclic) bond motifs is 3. The normalized spacial score (nSPS) is 15.3. The summed E-state index contributed by atoms with van der Waals surface area (Å²) in [5, 5.41) is 8.16. The second-order valence-corrected chi connectivity index (χ2v) is 6.90. The van der Waals surface area contributed by atoms with E-state index in [1.807, 2.05) is 18.2 Å². The Morgan fingerprint density at radius 1 is 1.12 bits per heavy atom. The van der Waals surface area contributed by atoms with Crippen LogP contribution in [0.1, 0.15) is 29.2 Å². The van der Waals surface area contributed by atoms with Crippen LogP contribution in [-0.2, 0) is 4.74 Å². The summed E-state index contributed by atoms with van der Waals surface area (Å²) < 4.78 is 7.92. The van der Waals surface area contributed by atoms with Crippen molar-refractivity contribution in [1.82, 2.24) is 15.2 Å². The van der Waals surface area contributed by atoms with Gasteiger partial charge in [-0.25, -0.2) is 0 Å². The van der Waals surface area contributed by atoms with Crippen LogP contribution in [0.4, 0.5) is 0 Å². The van der Waals surface area contributed by atoms with Gasteiger partial charge in [-0.1, -0.05) is 24.3 Å².